The maximum absolute atomic E-state index is 12.0. The molecule has 15 heavy (non-hydrogen) atoms. The lowest BCUT2D eigenvalue weighted by Crippen LogP contribution is -2.41. The summed E-state index contributed by atoms with van der Waals surface area (Å²) in [6, 6.07) is -0.522. The van der Waals surface area contributed by atoms with Gasteiger partial charge in [-0.15, -0.1) is 0 Å². The molecule has 1 saturated carbocycles. The van der Waals surface area contributed by atoms with Crippen LogP contribution < -0.4 is 5.32 Å². The Morgan fingerprint density at radius 2 is 2.07 bits per heavy atom. The molecule has 82 valence electrons. The Bertz CT molecular complexity index is 308. The SMILES string of the molecule is O=C1NC(C2CC2)C(=O)N1C1CCOC1. The Labute approximate surface area is 87.8 Å². The van der Waals surface area contributed by atoms with Gasteiger partial charge < -0.3 is 10.1 Å². The molecule has 0 spiro atoms. The van der Waals surface area contributed by atoms with Crippen LogP contribution in [0, 0.1) is 5.92 Å². The summed E-state index contributed by atoms with van der Waals surface area (Å²) in [4.78, 5) is 25.0. The standard InChI is InChI=1S/C10H14N2O3/c13-9-8(6-1-2-6)11-10(14)12(9)7-3-4-15-5-7/h6-8H,1-5H2,(H,11,14). The van der Waals surface area contributed by atoms with Gasteiger partial charge in [0.15, 0.2) is 0 Å². The van der Waals surface area contributed by atoms with Gasteiger partial charge in [-0.05, 0) is 25.2 Å². The van der Waals surface area contributed by atoms with Gasteiger partial charge >= 0.3 is 6.03 Å². The van der Waals surface area contributed by atoms with Gasteiger partial charge in [-0.3, -0.25) is 9.69 Å². The second-order valence-electron chi connectivity index (χ2n) is 4.49. The summed E-state index contributed by atoms with van der Waals surface area (Å²) in [6.07, 6.45) is 2.90. The minimum absolute atomic E-state index is 0.0405. The smallest absolute Gasteiger partial charge is 0.325 e. The van der Waals surface area contributed by atoms with Crippen LogP contribution in [-0.2, 0) is 9.53 Å². The van der Waals surface area contributed by atoms with Crippen molar-refractivity contribution < 1.29 is 14.3 Å². The first-order valence-corrected chi connectivity index (χ1v) is 5.48. The number of ether oxygens (including phenoxy) is 1. The first-order valence-electron chi connectivity index (χ1n) is 5.48. The molecule has 3 aliphatic rings. The average molecular weight is 210 g/mol. The van der Waals surface area contributed by atoms with Gasteiger partial charge in [0, 0.05) is 6.61 Å². The number of amides is 3. The van der Waals surface area contributed by atoms with Gasteiger partial charge in [0.25, 0.3) is 5.91 Å². The summed E-state index contributed by atoms with van der Waals surface area (Å²) in [5.41, 5.74) is 0. The molecule has 1 N–H and O–H groups in total. The molecule has 3 amide bonds. The summed E-state index contributed by atoms with van der Waals surface area (Å²) >= 11 is 0. The molecular weight excluding hydrogens is 196 g/mol. The first-order chi connectivity index (χ1) is 7.27. The highest BCUT2D eigenvalue weighted by atomic mass is 16.5. The zero-order chi connectivity index (χ0) is 10.4. The first kappa shape index (κ1) is 9.15. The van der Waals surface area contributed by atoms with Gasteiger partial charge in [-0.2, -0.15) is 0 Å². The average Bonchev–Trinajstić information content (AvgIpc) is 2.83. The van der Waals surface area contributed by atoms with Gasteiger partial charge in [0.1, 0.15) is 6.04 Å². The lowest BCUT2D eigenvalue weighted by molar-refractivity contribution is -0.129. The number of carbonyl (C=O) groups is 2. The third-order valence-corrected chi connectivity index (χ3v) is 3.37. The van der Waals surface area contributed by atoms with Crippen LogP contribution in [0.1, 0.15) is 19.3 Å². The molecule has 0 aromatic rings. The number of nitrogens with zero attached hydrogens (tertiary/aromatic N) is 1. The highest BCUT2D eigenvalue weighted by molar-refractivity contribution is 6.04. The molecular formula is C10H14N2O3. The van der Waals surface area contributed by atoms with Crippen LogP contribution >= 0.6 is 0 Å². The zero-order valence-electron chi connectivity index (χ0n) is 8.44. The molecule has 3 fully saturated rings. The van der Waals surface area contributed by atoms with Crippen molar-refractivity contribution in [3.8, 4) is 0 Å². The fourth-order valence-electron chi connectivity index (χ4n) is 2.33. The number of urea groups is 1. The maximum atomic E-state index is 12.0. The molecule has 0 aromatic heterocycles. The van der Waals surface area contributed by atoms with Gasteiger partial charge in [-0.1, -0.05) is 0 Å². The minimum atomic E-state index is -0.252. The molecule has 5 nitrogen and oxygen atoms in total. The molecule has 1 aliphatic carbocycles. The fourth-order valence-corrected chi connectivity index (χ4v) is 2.33. The van der Waals surface area contributed by atoms with Gasteiger partial charge in [0.2, 0.25) is 0 Å². The van der Waals surface area contributed by atoms with Crippen molar-refractivity contribution >= 4 is 11.9 Å². The molecule has 2 saturated heterocycles. The van der Waals surface area contributed by atoms with E-state index in [1.807, 2.05) is 0 Å². The molecule has 3 rings (SSSR count). The van der Waals surface area contributed by atoms with Crippen molar-refractivity contribution in [1.29, 1.82) is 0 Å². The van der Waals surface area contributed by atoms with Crippen LogP contribution in [0.15, 0.2) is 0 Å². The van der Waals surface area contributed by atoms with Crippen LogP contribution in [0.2, 0.25) is 0 Å². The third-order valence-electron chi connectivity index (χ3n) is 3.37. The van der Waals surface area contributed by atoms with E-state index < -0.39 is 0 Å². The molecule has 0 aromatic carbocycles. The molecule has 5 heteroatoms. The third kappa shape index (κ3) is 1.42. The second-order valence-corrected chi connectivity index (χ2v) is 4.49. The number of imide groups is 1. The molecule has 0 radical (unpaired) electrons. The van der Waals surface area contributed by atoms with Crippen LogP contribution in [0.4, 0.5) is 4.79 Å². The molecule has 2 aliphatic heterocycles. The monoisotopic (exact) mass is 210 g/mol. The van der Waals surface area contributed by atoms with E-state index in [4.69, 9.17) is 4.74 Å². The lowest BCUT2D eigenvalue weighted by Gasteiger charge is -2.18. The number of hydrogen-bond donors (Lipinski definition) is 1. The van der Waals surface area contributed by atoms with Crippen molar-refractivity contribution in [3.63, 3.8) is 0 Å². The van der Waals surface area contributed by atoms with E-state index >= 15 is 0 Å². The minimum Gasteiger partial charge on any atom is -0.379 e. The fraction of sp³-hybridized carbons (Fsp3) is 0.800. The van der Waals surface area contributed by atoms with Crippen LogP contribution in [-0.4, -0.2) is 42.1 Å². The van der Waals surface area contributed by atoms with E-state index in [-0.39, 0.29) is 24.0 Å². The normalized spacial score (nSPS) is 36.1. The predicted octanol–water partition coefficient (Wildman–Crippen LogP) is 0.106. The van der Waals surface area contributed by atoms with Crippen molar-refractivity contribution in [2.45, 2.75) is 31.3 Å². The Kier molecular flexibility index (Phi) is 1.95. The van der Waals surface area contributed by atoms with E-state index in [9.17, 15) is 9.59 Å². The molecule has 2 heterocycles. The quantitative estimate of drug-likeness (QED) is 0.658. The summed E-state index contributed by atoms with van der Waals surface area (Å²) in [5, 5.41) is 2.77. The Morgan fingerprint density at radius 1 is 1.27 bits per heavy atom. The Hall–Kier alpha value is -1.10. The number of carbonyl (C=O) groups excluding carboxylic acids is 2. The number of nitrogens with one attached hydrogen (secondary N) is 1. The number of rotatable bonds is 2. The topological polar surface area (TPSA) is 58.6 Å². The van der Waals surface area contributed by atoms with E-state index in [2.05, 4.69) is 5.32 Å². The Morgan fingerprint density at radius 3 is 2.67 bits per heavy atom. The second kappa shape index (κ2) is 3.20. The maximum Gasteiger partial charge on any atom is 0.325 e. The zero-order valence-corrected chi connectivity index (χ0v) is 8.44. The van der Waals surface area contributed by atoms with Crippen LogP contribution in [0.25, 0.3) is 0 Å². The van der Waals surface area contributed by atoms with Gasteiger partial charge in [-0.25, -0.2) is 4.79 Å². The van der Waals surface area contributed by atoms with Crippen molar-refractivity contribution in [1.82, 2.24) is 10.2 Å². The van der Waals surface area contributed by atoms with E-state index in [0.29, 0.717) is 19.1 Å². The van der Waals surface area contributed by atoms with E-state index in [0.717, 1.165) is 19.3 Å². The van der Waals surface area contributed by atoms with E-state index in [1.165, 1.54) is 4.90 Å². The summed E-state index contributed by atoms with van der Waals surface area (Å²) in [6.45, 7) is 1.15. The van der Waals surface area contributed by atoms with E-state index in [1.54, 1.807) is 0 Å². The Balaban J connectivity index is 1.76. The molecule has 2 unspecified atom stereocenters. The largest absolute Gasteiger partial charge is 0.379 e. The predicted molar refractivity (Wildman–Crippen MR) is 51.1 cm³/mol. The van der Waals surface area contributed by atoms with Crippen LogP contribution in [0.3, 0.4) is 0 Å². The van der Waals surface area contributed by atoms with Crippen LogP contribution in [0.5, 0.6) is 0 Å². The van der Waals surface area contributed by atoms with Gasteiger partial charge in [0.05, 0.1) is 12.6 Å². The molecule has 2 atom stereocenters. The van der Waals surface area contributed by atoms with Crippen molar-refractivity contribution in [3.05, 3.63) is 0 Å². The highest BCUT2D eigenvalue weighted by Gasteiger charge is 2.48. The molecule has 0 bridgehead atoms. The summed E-state index contributed by atoms with van der Waals surface area (Å²) in [7, 11) is 0. The summed E-state index contributed by atoms with van der Waals surface area (Å²) in [5.74, 6) is 0.340. The lowest BCUT2D eigenvalue weighted by atomic mass is 10.1. The van der Waals surface area contributed by atoms with Crippen molar-refractivity contribution in [2.24, 2.45) is 5.92 Å². The van der Waals surface area contributed by atoms with Crippen molar-refractivity contribution in [2.75, 3.05) is 13.2 Å². The number of hydrogen-bond acceptors (Lipinski definition) is 3. The highest BCUT2D eigenvalue weighted by Crippen LogP contribution is 2.36. The summed E-state index contributed by atoms with van der Waals surface area (Å²) < 4.78 is 5.20.